The van der Waals surface area contributed by atoms with Crippen molar-refractivity contribution < 1.29 is 4.42 Å². The van der Waals surface area contributed by atoms with E-state index in [2.05, 4.69) is 16.0 Å². The van der Waals surface area contributed by atoms with Crippen molar-refractivity contribution in [3.8, 4) is 6.07 Å². The van der Waals surface area contributed by atoms with Crippen molar-refractivity contribution in [3.63, 3.8) is 0 Å². The Morgan fingerprint density at radius 1 is 1.50 bits per heavy atom. The quantitative estimate of drug-likeness (QED) is 0.779. The van der Waals surface area contributed by atoms with Crippen LogP contribution in [0.1, 0.15) is 18.0 Å². The van der Waals surface area contributed by atoms with E-state index >= 15 is 0 Å². The normalized spacial score (nSPS) is 10.7. The van der Waals surface area contributed by atoms with E-state index in [9.17, 15) is 0 Å². The summed E-state index contributed by atoms with van der Waals surface area (Å²) in [5.74, 6) is 1.89. The molecule has 0 atom stereocenters. The van der Waals surface area contributed by atoms with Gasteiger partial charge in [0.15, 0.2) is 0 Å². The van der Waals surface area contributed by atoms with Crippen LogP contribution in [0.2, 0.25) is 0 Å². The molecular formula is C13H16N4O. The van der Waals surface area contributed by atoms with Gasteiger partial charge in [-0.1, -0.05) is 0 Å². The fourth-order valence-electron chi connectivity index (χ4n) is 1.79. The zero-order valence-corrected chi connectivity index (χ0v) is 10.4. The first-order chi connectivity index (χ1) is 8.79. The van der Waals surface area contributed by atoms with Crippen LogP contribution in [0.4, 0.5) is 0 Å². The van der Waals surface area contributed by atoms with Crippen molar-refractivity contribution in [1.29, 1.82) is 5.26 Å². The molecule has 0 aromatic carbocycles. The minimum absolute atomic E-state index is 0.505. The summed E-state index contributed by atoms with van der Waals surface area (Å²) < 4.78 is 7.33. The van der Waals surface area contributed by atoms with Crippen LogP contribution < -0.4 is 0 Å². The summed E-state index contributed by atoms with van der Waals surface area (Å²) in [4.78, 5) is 6.46. The van der Waals surface area contributed by atoms with E-state index < -0.39 is 0 Å². The van der Waals surface area contributed by atoms with Gasteiger partial charge in [-0.05, 0) is 12.1 Å². The van der Waals surface area contributed by atoms with Crippen LogP contribution in [-0.4, -0.2) is 21.0 Å². The Labute approximate surface area is 106 Å². The van der Waals surface area contributed by atoms with E-state index in [0.29, 0.717) is 26.1 Å². The summed E-state index contributed by atoms with van der Waals surface area (Å²) >= 11 is 0. The Morgan fingerprint density at radius 2 is 2.39 bits per heavy atom. The van der Waals surface area contributed by atoms with E-state index in [0.717, 1.165) is 11.6 Å². The highest BCUT2D eigenvalue weighted by Gasteiger charge is 2.11. The lowest BCUT2D eigenvalue weighted by atomic mass is 10.3. The molecule has 0 amide bonds. The monoisotopic (exact) mass is 244 g/mol. The third kappa shape index (κ3) is 3.22. The molecule has 0 radical (unpaired) electrons. The minimum atomic E-state index is 0.505. The Hall–Kier alpha value is -2.06. The second-order valence-electron chi connectivity index (χ2n) is 4.15. The van der Waals surface area contributed by atoms with Crippen molar-refractivity contribution in [2.45, 2.75) is 19.5 Å². The van der Waals surface area contributed by atoms with Gasteiger partial charge in [0.1, 0.15) is 11.6 Å². The summed E-state index contributed by atoms with van der Waals surface area (Å²) in [5, 5.41) is 8.70. The molecule has 0 unspecified atom stereocenters. The Balaban J connectivity index is 2.01. The van der Waals surface area contributed by atoms with E-state index in [1.807, 2.05) is 29.9 Å². The minimum Gasteiger partial charge on any atom is -0.468 e. The number of aryl methyl sites for hydroxylation is 1. The smallest absolute Gasteiger partial charge is 0.122 e. The number of hydrogen-bond acceptors (Lipinski definition) is 4. The fourth-order valence-corrected chi connectivity index (χ4v) is 1.79. The Bertz CT molecular complexity index is 509. The van der Waals surface area contributed by atoms with Crippen LogP contribution in [0.15, 0.2) is 35.2 Å². The van der Waals surface area contributed by atoms with Crippen LogP contribution in [0.25, 0.3) is 0 Å². The first-order valence-electron chi connectivity index (χ1n) is 5.87. The van der Waals surface area contributed by atoms with Gasteiger partial charge in [-0.25, -0.2) is 4.98 Å². The predicted octanol–water partition coefficient (Wildman–Crippen LogP) is 1.93. The lowest BCUT2D eigenvalue weighted by Gasteiger charge is -2.19. The van der Waals surface area contributed by atoms with Gasteiger partial charge < -0.3 is 8.98 Å². The van der Waals surface area contributed by atoms with Gasteiger partial charge in [-0.2, -0.15) is 5.26 Å². The van der Waals surface area contributed by atoms with Crippen molar-refractivity contribution >= 4 is 0 Å². The van der Waals surface area contributed by atoms with Crippen LogP contribution in [0, 0.1) is 11.3 Å². The maximum absolute atomic E-state index is 8.70. The third-order valence-electron chi connectivity index (χ3n) is 2.79. The number of nitriles is 1. The van der Waals surface area contributed by atoms with E-state index in [-0.39, 0.29) is 0 Å². The van der Waals surface area contributed by atoms with Gasteiger partial charge in [0, 0.05) is 32.4 Å². The molecule has 0 N–H and O–H groups in total. The first kappa shape index (κ1) is 12.4. The SMILES string of the molecule is Cn1ccnc1CN(CCC#N)Cc1ccco1. The van der Waals surface area contributed by atoms with Crippen LogP contribution in [-0.2, 0) is 20.1 Å². The molecular weight excluding hydrogens is 228 g/mol. The lowest BCUT2D eigenvalue weighted by molar-refractivity contribution is 0.233. The van der Waals surface area contributed by atoms with Crippen molar-refractivity contribution in [1.82, 2.24) is 14.5 Å². The zero-order chi connectivity index (χ0) is 12.8. The molecule has 2 aromatic heterocycles. The summed E-state index contributed by atoms with van der Waals surface area (Å²) in [6.45, 7) is 2.12. The van der Waals surface area contributed by atoms with Crippen LogP contribution in [0.3, 0.4) is 0 Å². The highest BCUT2D eigenvalue weighted by molar-refractivity contribution is 4.99. The summed E-state index contributed by atoms with van der Waals surface area (Å²) in [7, 11) is 1.97. The van der Waals surface area contributed by atoms with E-state index in [1.54, 1.807) is 12.5 Å². The topological polar surface area (TPSA) is 58.0 Å². The average molecular weight is 244 g/mol. The molecule has 5 nitrogen and oxygen atoms in total. The van der Waals surface area contributed by atoms with Crippen LogP contribution in [0.5, 0.6) is 0 Å². The number of furan rings is 1. The molecule has 5 heteroatoms. The Kier molecular flexibility index (Phi) is 4.15. The van der Waals surface area contributed by atoms with Crippen molar-refractivity contribution in [2.75, 3.05) is 6.54 Å². The number of aromatic nitrogens is 2. The molecule has 0 fully saturated rings. The maximum Gasteiger partial charge on any atom is 0.122 e. The fraction of sp³-hybridized carbons (Fsp3) is 0.385. The van der Waals surface area contributed by atoms with E-state index in [1.165, 1.54) is 0 Å². The van der Waals surface area contributed by atoms with Crippen molar-refractivity contribution in [2.24, 2.45) is 7.05 Å². The van der Waals surface area contributed by atoms with Gasteiger partial charge in [-0.3, -0.25) is 4.90 Å². The second kappa shape index (κ2) is 6.03. The molecule has 0 bridgehead atoms. The highest BCUT2D eigenvalue weighted by Crippen LogP contribution is 2.09. The average Bonchev–Trinajstić information content (AvgIpc) is 2.99. The van der Waals surface area contributed by atoms with Gasteiger partial charge in [0.05, 0.1) is 25.4 Å². The van der Waals surface area contributed by atoms with Gasteiger partial charge >= 0.3 is 0 Å². The van der Waals surface area contributed by atoms with E-state index in [4.69, 9.17) is 9.68 Å². The molecule has 94 valence electrons. The predicted molar refractivity (Wildman–Crippen MR) is 66.3 cm³/mol. The highest BCUT2D eigenvalue weighted by atomic mass is 16.3. The zero-order valence-electron chi connectivity index (χ0n) is 10.4. The summed E-state index contributed by atoms with van der Waals surface area (Å²) in [6, 6.07) is 5.99. The summed E-state index contributed by atoms with van der Waals surface area (Å²) in [6.07, 6.45) is 5.87. The molecule has 0 spiro atoms. The number of hydrogen-bond donors (Lipinski definition) is 0. The molecule has 2 rings (SSSR count). The van der Waals surface area contributed by atoms with Gasteiger partial charge in [0.25, 0.3) is 0 Å². The molecule has 0 aliphatic rings. The van der Waals surface area contributed by atoms with Gasteiger partial charge in [-0.15, -0.1) is 0 Å². The number of nitrogens with zero attached hydrogens (tertiary/aromatic N) is 4. The summed E-state index contributed by atoms with van der Waals surface area (Å²) in [5.41, 5.74) is 0. The van der Waals surface area contributed by atoms with Gasteiger partial charge in [0.2, 0.25) is 0 Å². The maximum atomic E-state index is 8.70. The molecule has 18 heavy (non-hydrogen) atoms. The molecule has 0 aliphatic heterocycles. The standard InChI is InChI=1S/C13H16N4O/c1-16-8-6-15-13(16)11-17(7-3-5-14)10-12-4-2-9-18-12/h2,4,6,8-9H,3,7,10-11H2,1H3. The number of rotatable bonds is 6. The molecule has 0 saturated heterocycles. The number of imidazole rings is 1. The largest absolute Gasteiger partial charge is 0.468 e. The molecule has 0 aliphatic carbocycles. The first-order valence-corrected chi connectivity index (χ1v) is 5.87. The third-order valence-corrected chi connectivity index (χ3v) is 2.79. The lowest BCUT2D eigenvalue weighted by Crippen LogP contribution is -2.25. The molecule has 0 saturated carbocycles. The molecule has 2 aromatic rings. The Morgan fingerprint density at radius 3 is 3.00 bits per heavy atom. The van der Waals surface area contributed by atoms with Crippen LogP contribution >= 0.6 is 0 Å². The van der Waals surface area contributed by atoms with Crippen molar-refractivity contribution in [3.05, 3.63) is 42.4 Å². The molecule has 2 heterocycles. The second-order valence-corrected chi connectivity index (χ2v) is 4.15.